The molecular formula is C14H22N4O. The fourth-order valence-corrected chi connectivity index (χ4v) is 3.53. The van der Waals surface area contributed by atoms with Crippen LogP contribution in [0.2, 0.25) is 0 Å². The summed E-state index contributed by atoms with van der Waals surface area (Å²) in [6.45, 7) is 4.66. The highest BCUT2D eigenvalue weighted by Crippen LogP contribution is 2.40. The van der Waals surface area contributed by atoms with E-state index in [0.29, 0.717) is 30.6 Å². The molecule has 2 aliphatic heterocycles. The van der Waals surface area contributed by atoms with Crippen LogP contribution in [0.5, 0.6) is 5.88 Å². The third-order valence-electron chi connectivity index (χ3n) is 4.31. The predicted octanol–water partition coefficient (Wildman–Crippen LogP) is 1.64. The maximum Gasteiger partial charge on any atom is 0.221 e. The molecule has 0 spiro atoms. The number of anilines is 1. The molecule has 3 heterocycles. The Hall–Kier alpha value is -1.36. The van der Waals surface area contributed by atoms with Crippen LogP contribution in [-0.4, -0.2) is 34.7 Å². The molecule has 2 aliphatic rings. The van der Waals surface area contributed by atoms with E-state index in [0.717, 1.165) is 24.2 Å². The molecule has 2 saturated heterocycles. The van der Waals surface area contributed by atoms with Gasteiger partial charge in [-0.05, 0) is 39.5 Å². The van der Waals surface area contributed by atoms with Crippen LogP contribution in [-0.2, 0) is 0 Å². The Labute approximate surface area is 114 Å². The summed E-state index contributed by atoms with van der Waals surface area (Å²) in [5, 5.41) is 0. The second-order valence-corrected chi connectivity index (χ2v) is 5.58. The van der Waals surface area contributed by atoms with Crippen molar-refractivity contribution in [3.63, 3.8) is 0 Å². The van der Waals surface area contributed by atoms with Gasteiger partial charge in [0.25, 0.3) is 0 Å². The van der Waals surface area contributed by atoms with E-state index in [1.54, 1.807) is 6.33 Å². The lowest BCUT2D eigenvalue weighted by Crippen LogP contribution is -2.48. The molecule has 0 radical (unpaired) electrons. The summed E-state index contributed by atoms with van der Waals surface area (Å²) in [5.74, 6) is 1.75. The van der Waals surface area contributed by atoms with Gasteiger partial charge in [-0.1, -0.05) is 0 Å². The highest BCUT2D eigenvalue weighted by molar-refractivity contribution is 5.53. The Morgan fingerprint density at radius 2 is 2.00 bits per heavy atom. The van der Waals surface area contributed by atoms with Crippen LogP contribution in [0.4, 0.5) is 5.82 Å². The number of nitrogens with zero attached hydrogens (tertiary/aromatic N) is 3. The molecule has 5 heteroatoms. The lowest BCUT2D eigenvalue weighted by Gasteiger charge is -2.39. The lowest BCUT2D eigenvalue weighted by molar-refractivity contribution is 0.323. The van der Waals surface area contributed by atoms with Gasteiger partial charge in [-0.15, -0.1) is 0 Å². The minimum absolute atomic E-state index is 0.349. The Morgan fingerprint density at radius 1 is 1.32 bits per heavy atom. The minimum Gasteiger partial charge on any atom is -0.478 e. The molecule has 0 saturated carbocycles. The first-order chi connectivity index (χ1) is 9.20. The molecule has 1 aromatic rings. The Bertz CT molecular complexity index is 451. The maximum absolute atomic E-state index is 6.13. The van der Waals surface area contributed by atoms with E-state index in [1.165, 1.54) is 12.8 Å². The fourth-order valence-electron chi connectivity index (χ4n) is 3.53. The second kappa shape index (κ2) is 4.96. The largest absolute Gasteiger partial charge is 0.478 e. The third-order valence-corrected chi connectivity index (χ3v) is 4.31. The van der Waals surface area contributed by atoms with Crippen molar-refractivity contribution in [2.24, 2.45) is 5.73 Å². The van der Waals surface area contributed by atoms with E-state index in [2.05, 4.69) is 14.9 Å². The van der Waals surface area contributed by atoms with Crippen LogP contribution in [0, 0.1) is 6.92 Å². The average molecular weight is 262 g/mol. The molecule has 3 rings (SSSR count). The van der Waals surface area contributed by atoms with E-state index in [9.17, 15) is 0 Å². The van der Waals surface area contributed by atoms with Crippen molar-refractivity contribution in [3.05, 3.63) is 11.9 Å². The fraction of sp³-hybridized carbons (Fsp3) is 0.714. The van der Waals surface area contributed by atoms with Gasteiger partial charge in [0.1, 0.15) is 12.1 Å². The highest BCUT2D eigenvalue weighted by Gasteiger charge is 2.41. The van der Waals surface area contributed by atoms with Crippen LogP contribution in [0.25, 0.3) is 0 Å². The zero-order valence-corrected chi connectivity index (χ0v) is 11.7. The number of hydrogen-bond acceptors (Lipinski definition) is 5. The normalized spacial score (nSPS) is 29.6. The molecule has 0 aliphatic carbocycles. The average Bonchev–Trinajstić information content (AvgIpc) is 2.65. The van der Waals surface area contributed by atoms with Crippen molar-refractivity contribution in [1.82, 2.24) is 9.97 Å². The molecule has 1 aromatic heterocycles. The summed E-state index contributed by atoms with van der Waals surface area (Å²) in [7, 11) is 0. The lowest BCUT2D eigenvalue weighted by atomic mass is 9.98. The van der Waals surface area contributed by atoms with Gasteiger partial charge in [-0.25, -0.2) is 9.97 Å². The molecule has 2 fully saturated rings. The van der Waals surface area contributed by atoms with Crippen molar-refractivity contribution in [2.75, 3.05) is 11.5 Å². The topological polar surface area (TPSA) is 64.3 Å². The Kier molecular flexibility index (Phi) is 3.31. The zero-order chi connectivity index (χ0) is 13.4. The second-order valence-electron chi connectivity index (χ2n) is 5.58. The first-order valence-electron chi connectivity index (χ1n) is 7.19. The predicted molar refractivity (Wildman–Crippen MR) is 74.4 cm³/mol. The minimum atomic E-state index is 0.349. The van der Waals surface area contributed by atoms with Crippen LogP contribution in [0.15, 0.2) is 6.33 Å². The summed E-state index contributed by atoms with van der Waals surface area (Å²) >= 11 is 0. The smallest absolute Gasteiger partial charge is 0.221 e. The molecule has 104 valence electrons. The first kappa shape index (κ1) is 12.7. The molecule has 5 nitrogen and oxygen atoms in total. The van der Waals surface area contributed by atoms with E-state index < -0.39 is 0 Å². The molecule has 0 aromatic carbocycles. The van der Waals surface area contributed by atoms with Crippen LogP contribution < -0.4 is 15.4 Å². The summed E-state index contributed by atoms with van der Waals surface area (Å²) in [5.41, 5.74) is 7.18. The van der Waals surface area contributed by atoms with Gasteiger partial charge in [0, 0.05) is 18.1 Å². The van der Waals surface area contributed by atoms with Gasteiger partial charge in [-0.2, -0.15) is 0 Å². The molecule has 2 bridgehead atoms. The SMILES string of the molecule is CCOc1ncnc(N2C3CCC2CC(N)C3)c1C. The number of hydrogen-bond donors (Lipinski definition) is 1. The number of piperidine rings is 1. The first-order valence-corrected chi connectivity index (χ1v) is 7.19. The van der Waals surface area contributed by atoms with Gasteiger partial charge in [-0.3, -0.25) is 0 Å². The van der Waals surface area contributed by atoms with Gasteiger partial charge < -0.3 is 15.4 Å². The maximum atomic E-state index is 6.13. The molecule has 19 heavy (non-hydrogen) atoms. The van der Waals surface area contributed by atoms with Crippen molar-refractivity contribution in [3.8, 4) is 5.88 Å². The van der Waals surface area contributed by atoms with Crippen molar-refractivity contribution >= 4 is 5.82 Å². The van der Waals surface area contributed by atoms with Gasteiger partial charge in [0.05, 0.1) is 12.2 Å². The highest BCUT2D eigenvalue weighted by atomic mass is 16.5. The van der Waals surface area contributed by atoms with Gasteiger partial charge >= 0.3 is 0 Å². The monoisotopic (exact) mass is 262 g/mol. The summed E-state index contributed by atoms with van der Waals surface area (Å²) in [4.78, 5) is 11.2. The molecular weight excluding hydrogens is 240 g/mol. The van der Waals surface area contributed by atoms with E-state index >= 15 is 0 Å². The van der Waals surface area contributed by atoms with Gasteiger partial charge in [0.2, 0.25) is 5.88 Å². The zero-order valence-electron chi connectivity index (χ0n) is 11.7. The van der Waals surface area contributed by atoms with Crippen LogP contribution >= 0.6 is 0 Å². The molecule has 2 unspecified atom stereocenters. The summed E-state index contributed by atoms with van der Waals surface area (Å²) < 4.78 is 5.58. The summed E-state index contributed by atoms with van der Waals surface area (Å²) in [6.07, 6.45) is 6.21. The van der Waals surface area contributed by atoms with Crippen molar-refractivity contribution in [2.45, 2.75) is 57.7 Å². The van der Waals surface area contributed by atoms with E-state index in [4.69, 9.17) is 10.5 Å². The van der Waals surface area contributed by atoms with Crippen LogP contribution in [0.1, 0.15) is 38.2 Å². The van der Waals surface area contributed by atoms with Gasteiger partial charge in [0.15, 0.2) is 0 Å². The quantitative estimate of drug-likeness (QED) is 0.897. The molecule has 2 atom stereocenters. The number of ether oxygens (including phenoxy) is 1. The Balaban J connectivity index is 1.92. The Morgan fingerprint density at radius 3 is 2.63 bits per heavy atom. The van der Waals surface area contributed by atoms with Crippen molar-refractivity contribution in [1.29, 1.82) is 0 Å². The standard InChI is InChI=1S/C14H22N4O/c1-3-19-14-9(2)13(16-8-17-14)18-11-4-5-12(18)7-10(15)6-11/h8,10-12H,3-7,15H2,1-2H3. The number of rotatable bonds is 3. The number of aromatic nitrogens is 2. The van der Waals surface area contributed by atoms with Crippen molar-refractivity contribution < 1.29 is 4.74 Å². The number of nitrogens with two attached hydrogens (primary N) is 1. The van der Waals surface area contributed by atoms with Crippen LogP contribution in [0.3, 0.4) is 0 Å². The third kappa shape index (κ3) is 2.16. The van der Waals surface area contributed by atoms with E-state index in [1.807, 2.05) is 13.8 Å². The molecule has 2 N–H and O–H groups in total. The van der Waals surface area contributed by atoms with E-state index in [-0.39, 0.29) is 0 Å². The molecule has 0 amide bonds. The number of fused-ring (bicyclic) bond motifs is 2. The summed E-state index contributed by atoms with van der Waals surface area (Å²) in [6, 6.07) is 1.43.